The van der Waals surface area contributed by atoms with E-state index in [0.717, 1.165) is 10.6 Å². The number of fused-ring (bicyclic) bond motifs is 1. The van der Waals surface area contributed by atoms with E-state index in [1.807, 2.05) is 35.2 Å². The molecule has 120 valence electrons. The Hall–Kier alpha value is -1.92. The molecule has 0 atom stereocenters. The molecule has 1 aromatic carbocycles. The number of aromatic nitrogens is 1. The van der Waals surface area contributed by atoms with Gasteiger partial charge in [0, 0.05) is 35.7 Å². The number of benzene rings is 1. The number of carbonyl (C=O) groups excluding carboxylic acids is 2. The van der Waals surface area contributed by atoms with Crippen molar-refractivity contribution in [2.75, 3.05) is 17.7 Å². The minimum Gasteiger partial charge on any atom is -0.333 e. The second-order valence-electron chi connectivity index (χ2n) is 5.22. The Morgan fingerprint density at radius 2 is 2.09 bits per heavy atom. The molecule has 1 aliphatic heterocycles. The van der Waals surface area contributed by atoms with Crippen molar-refractivity contribution in [3.63, 3.8) is 0 Å². The van der Waals surface area contributed by atoms with E-state index in [9.17, 15) is 9.59 Å². The average Bonchev–Trinajstić information content (AvgIpc) is 2.96. The molecule has 1 N–H and O–H groups in total. The summed E-state index contributed by atoms with van der Waals surface area (Å²) in [6.45, 7) is 1.17. The third-order valence-corrected chi connectivity index (χ3v) is 4.79. The maximum absolute atomic E-state index is 12.5. The third-order valence-electron chi connectivity index (χ3n) is 3.61. The molecule has 2 heterocycles. The lowest BCUT2D eigenvalue weighted by Crippen LogP contribution is -2.35. The number of nitrogens with zero attached hydrogens (tertiary/aromatic N) is 2. The van der Waals surface area contributed by atoms with Crippen LogP contribution in [0.3, 0.4) is 0 Å². The summed E-state index contributed by atoms with van der Waals surface area (Å²) in [5, 5.41) is 3.34. The molecule has 0 radical (unpaired) electrons. The number of amides is 2. The molecule has 0 saturated carbocycles. The average molecular weight is 350 g/mol. The van der Waals surface area contributed by atoms with E-state index in [-0.39, 0.29) is 24.1 Å². The maximum Gasteiger partial charge on any atom is 0.254 e. The molecule has 2 aromatic rings. The van der Waals surface area contributed by atoms with E-state index in [1.54, 1.807) is 0 Å². The van der Waals surface area contributed by atoms with Crippen LogP contribution in [0.2, 0.25) is 0 Å². The third kappa shape index (κ3) is 3.71. The first-order valence-corrected chi connectivity index (χ1v) is 8.71. The molecule has 2 amide bonds. The predicted octanol–water partition coefficient (Wildman–Crippen LogP) is 2.91. The van der Waals surface area contributed by atoms with Gasteiger partial charge < -0.3 is 10.2 Å². The number of halogens is 1. The zero-order valence-corrected chi connectivity index (χ0v) is 14.0. The van der Waals surface area contributed by atoms with Crippen LogP contribution in [0.15, 0.2) is 30.3 Å². The highest BCUT2D eigenvalue weighted by Gasteiger charge is 2.25. The van der Waals surface area contributed by atoms with Crippen LogP contribution in [0.4, 0.5) is 5.13 Å². The van der Waals surface area contributed by atoms with Gasteiger partial charge in [-0.05, 0) is 12.1 Å². The van der Waals surface area contributed by atoms with Crippen molar-refractivity contribution in [1.82, 2.24) is 9.88 Å². The van der Waals surface area contributed by atoms with E-state index >= 15 is 0 Å². The zero-order valence-electron chi connectivity index (χ0n) is 12.4. The summed E-state index contributed by atoms with van der Waals surface area (Å²) in [5.41, 5.74) is 1.66. The van der Waals surface area contributed by atoms with Crippen LogP contribution in [0.1, 0.15) is 27.3 Å². The molecule has 23 heavy (non-hydrogen) atoms. The van der Waals surface area contributed by atoms with E-state index in [1.165, 1.54) is 11.3 Å². The zero-order chi connectivity index (χ0) is 16.2. The highest BCUT2D eigenvalue weighted by molar-refractivity contribution is 7.15. The second kappa shape index (κ2) is 7.10. The minimum atomic E-state index is -0.136. The number of thiazole rings is 1. The van der Waals surface area contributed by atoms with Gasteiger partial charge in [0.15, 0.2) is 5.13 Å². The molecule has 0 bridgehead atoms. The molecule has 3 rings (SSSR count). The van der Waals surface area contributed by atoms with Gasteiger partial charge in [0.1, 0.15) is 0 Å². The fraction of sp³-hybridized carbons (Fsp3) is 0.312. The highest BCUT2D eigenvalue weighted by atomic mass is 35.5. The number of nitrogens with one attached hydrogen (secondary N) is 1. The number of rotatable bonds is 4. The van der Waals surface area contributed by atoms with Crippen molar-refractivity contribution in [3.05, 3.63) is 46.5 Å². The van der Waals surface area contributed by atoms with Crippen LogP contribution in [-0.2, 0) is 17.8 Å². The Kier molecular flexibility index (Phi) is 4.93. The van der Waals surface area contributed by atoms with Crippen molar-refractivity contribution < 1.29 is 9.59 Å². The normalized spacial score (nSPS) is 13.5. The summed E-state index contributed by atoms with van der Waals surface area (Å²) in [6.07, 6.45) is 0.972. The molecule has 5 nitrogen and oxygen atoms in total. The van der Waals surface area contributed by atoms with Gasteiger partial charge >= 0.3 is 0 Å². The monoisotopic (exact) mass is 349 g/mol. The van der Waals surface area contributed by atoms with Crippen molar-refractivity contribution in [2.45, 2.75) is 19.4 Å². The van der Waals surface area contributed by atoms with Crippen LogP contribution < -0.4 is 5.32 Å². The van der Waals surface area contributed by atoms with Gasteiger partial charge in [-0.2, -0.15) is 0 Å². The summed E-state index contributed by atoms with van der Waals surface area (Å²) >= 11 is 6.98. The standard InChI is InChI=1S/C16H16ClN3O2S/c17-8-6-14(21)19-16-18-12-7-9-20(10-13(12)23-16)15(22)11-4-2-1-3-5-11/h1-5H,6-10H2,(H,18,19,21). The van der Waals surface area contributed by atoms with Gasteiger partial charge in [0.05, 0.1) is 12.2 Å². The smallest absolute Gasteiger partial charge is 0.254 e. The predicted molar refractivity (Wildman–Crippen MR) is 91.0 cm³/mol. The minimum absolute atomic E-state index is 0.0253. The van der Waals surface area contributed by atoms with Crippen molar-refractivity contribution >= 4 is 39.9 Å². The van der Waals surface area contributed by atoms with Crippen LogP contribution >= 0.6 is 22.9 Å². The summed E-state index contributed by atoms with van der Waals surface area (Å²) < 4.78 is 0. The molecule has 0 saturated heterocycles. The molecule has 0 spiro atoms. The summed E-state index contributed by atoms with van der Waals surface area (Å²) in [7, 11) is 0. The van der Waals surface area contributed by atoms with Gasteiger partial charge in [0.2, 0.25) is 5.91 Å². The second-order valence-corrected chi connectivity index (χ2v) is 6.68. The first-order valence-electron chi connectivity index (χ1n) is 7.36. The molecular formula is C16H16ClN3O2S. The van der Waals surface area contributed by atoms with E-state index in [2.05, 4.69) is 10.3 Å². The molecule has 1 aliphatic rings. The number of hydrogen-bond donors (Lipinski definition) is 1. The van der Waals surface area contributed by atoms with Gasteiger partial charge in [-0.3, -0.25) is 9.59 Å². The van der Waals surface area contributed by atoms with E-state index in [4.69, 9.17) is 11.6 Å². The van der Waals surface area contributed by atoms with Gasteiger partial charge in [-0.1, -0.05) is 29.5 Å². The molecule has 0 aliphatic carbocycles. The van der Waals surface area contributed by atoms with Gasteiger partial charge in [0.25, 0.3) is 5.91 Å². The Morgan fingerprint density at radius 3 is 2.83 bits per heavy atom. The fourth-order valence-corrected chi connectivity index (χ4v) is 3.66. The Labute approximate surface area is 143 Å². The Bertz CT molecular complexity index is 717. The first kappa shape index (κ1) is 16.0. The SMILES string of the molecule is O=C(CCCl)Nc1nc2c(s1)CN(C(=O)c1ccccc1)CC2. The Balaban J connectivity index is 1.70. The lowest BCUT2D eigenvalue weighted by Gasteiger charge is -2.26. The topological polar surface area (TPSA) is 62.3 Å². The van der Waals surface area contributed by atoms with Crippen molar-refractivity contribution in [1.29, 1.82) is 0 Å². The lowest BCUT2D eigenvalue weighted by atomic mass is 10.1. The van der Waals surface area contributed by atoms with Crippen molar-refractivity contribution in [2.24, 2.45) is 0 Å². The molecular weight excluding hydrogens is 334 g/mol. The molecule has 0 unspecified atom stereocenters. The number of anilines is 1. The largest absolute Gasteiger partial charge is 0.333 e. The summed E-state index contributed by atoms with van der Waals surface area (Å²) in [6, 6.07) is 9.26. The lowest BCUT2D eigenvalue weighted by molar-refractivity contribution is -0.115. The van der Waals surface area contributed by atoms with Gasteiger partial charge in [-0.15, -0.1) is 11.6 Å². The molecule has 7 heteroatoms. The summed E-state index contributed by atoms with van der Waals surface area (Å²) in [5.74, 6) is 0.178. The van der Waals surface area contributed by atoms with Crippen LogP contribution in [-0.4, -0.2) is 34.1 Å². The van der Waals surface area contributed by atoms with Crippen LogP contribution in [0.5, 0.6) is 0 Å². The number of carbonyl (C=O) groups is 2. The number of alkyl halides is 1. The molecule has 1 aromatic heterocycles. The Morgan fingerprint density at radius 1 is 1.30 bits per heavy atom. The highest BCUT2D eigenvalue weighted by Crippen LogP contribution is 2.29. The van der Waals surface area contributed by atoms with Crippen molar-refractivity contribution in [3.8, 4) is 0 Å². The van der Waals surface area contributed by atoms with Gasteiger partial charge in [-0.25, -0.2) is 4.98 Å². The quantitative estimate of drug-likeness (QED) is 0.863. The number of hydrogen-bond acceptors (Lipinski definition) is 4. The van der Waals surface area contributed by atoms with Crippen LogP contribution in [0, 0.1) is 0 Å². The summed E-state index contributed by atoms with van der Waals surface area (Å²) in [4.78, 5) is 31.4. The van der Waals surface area contributed by atoms with E-state index in [0.29, 0.717) is 30.2 Å². The van der Waals surface area contributed by atoms with Crippen LogP contribution in [0.25, 0.3) is 0 Å². The van der Waals surface area contributed by atoms with E-state index < -0.39 is 0 Å². The fourth-order valence-electron chi connectivity index (χ4n) is 2.45. The first-order chi connectivity index (χ1) is 11.2. The molecule has 0 fully saturated rings. The maximum atomic E-state index is 12.5.